The Morgan fingerprint density at radius 1 is 1.12 bits per heavy atom. The minimum absolute atomic E-state index is 0. The van der Waals surface area contributed by atoms with Crippen molar-refractivity contribution >= 4 is 35.6 Å². The Morgan fingerprint density at radius 2 is 1.81 bits per heavy atom. The first-order valence-electron chi connectivity index (χ1n) is 7.95. The first-order valence-corrected chi connectivity index (χ1v) is 7.95. The fraction of sp³-hybridized carbons (Fsp3) is 0.278. The third-order valence-electron chi connectivity index (χ3n) is 4.66. The van der Waals surface area contributed by atoms with Crippen LogP contribution in [0.2, 0.25) is 0 Å². The Labute approximate surface area is 165 Å². The molecule has 4 rings (SSSR count). The largest absolute Gasteiger partial charge is 0.573 e. The molecule has 0 radical (unpaired) electrons. The lowest BCUT2D eigenvalue weighted by molar-refractivity contribution is -0.274. The van der Waals surface area contributed by atoms with Crippen LogP contribution in [-0.2, 0) is 6.42 Å². The Kier molecular flexibility index (Phi) is 5.05. The molecule has 2 aliphatic rings. The normalized spacial score (nSPS) is 23.5. The number of benzene rings is 2. The van der Waals surface area contributed by atoms with Gasteiger partial charge in [0.25, 0.3) is 0 Å². The van der Waals surface area contributed by atoms with Crippen LogP contribution in [0.25, 0.3) is 0 Å². The number of fused-ring (bicyclic) bond motifs is 3. The molecule has 3 unspecified atom stereocenters. The first kappa shape index (κ1) is 18.8. The van der Waals surface area contributed by atoms with Gasteiger partial charge in [0, 0.05) is 5.92 Å². The average molecular weight is 475 g/mol. The SMILES string of the molecule is I.NC(=NC1C2Cc3ccccc3C21)Nc1ccccc1OC(F)(F)F. The summed E-state index contributed by atoms with van der Waals surface area (Å²) in [5, 5.41) is 2.72. The van der Waals surface area contributed by atoms with Crippen molar-refractivity contribution in [1.29, 1.82) is 0 Å². The van der Waals surface area contributed by atoms with Crippen LogP contribution in [0, 0.1) is 5.92 Å². The second-order valence-electron chi connectivity index (χ2n) is 6.27. The minimum atomic E-state index is -4.76. The quantitative estimate of drug-likeness (QED) is 0.396. The van der Waals surface area contributed by atoms with Crippen molar-refractivity contribution in [2.75, 3.05) is 5.32 Å². The van der Waals surface area contributed by atoms with E-state index < -0.39 is 6.36 Å². The van der Waals surface area contributed by atoms with E-state index in [0.29, 0.717) is 11.8 Å². The van der Waals surface area contributed by atoms with Crippen LogP contribution in [-0.4, -0.2) is 18.4 Å². The molecule has 26 heavy (non-hydrogen) atoms. The number of anilines is 1. The summed E-state index contributed by atoms with van der Waals surface area (Å²) >= 11 is 0. The van der Waals surface area contributed by atoms with Gasteiger partial charge in [0.2, 0.25) is 0 Å². The number of guanidine groups is 1. The van der Waals surface area contributed by atoms with Crippen LogP contribution < -0.4 is 15.8 Å². The predicted octanol–water partition coefficient (Wildman–Crippen LogP) is 4.27. The number of nitrogens with two attached hydrogens (primary N) is 1. The van der Waals surface area contributed by atoms with E-state index in [2.05, 4.69) is 27.2 Å². The number of para-hydroxylation sites is 2. The molecule has 0 aliphatic heterocycles. The van der Waals surface area contributed by atoms with Crippen molar-refractivity contribution in [3.63, 3.8) is 0 Å². The van der Waals surface area contributed by atoms with Crippen LogP contribution in [0.4, 0.5) is 18.9 Å². The van der Waals surface area contributed by atoms with Crippen LogP contribution in [0.5, 0.6) is 5.75 Å². The molecular formula is C18H17F3IN3O. The molecule has 2 aromatic carbocycles. The number of hydrogen-bond acceptors (Lipinski definition) is 2. The molecule has 0 amide bonds. The molecule has 2 aliphatic carbocycles. The maximum absolute atomic E-state index is 12.5. The van der Waals surface area contributed by atoms with E-state index in [1.165, 1.54) is 29.3 Å². The highest BCUT2D eigenvalue weighted by atomic mass is 127. The third kappa shape index (κ3) is 3.74. The van der Waals surface area contributed by atoms with E-state index in [9.17, 15) is 13.2 Å². The van der Waals surface area contributed by atoms with Crippen LogP contribution in [0.15, 0.2) is 53.5 Å². The van der Waals surface area contributed by atoms with Gasteiger partial charge in [-0.3, -0.25) is 0 Å². The van der Waals surface area contributed by atoms with Gasteiger partial charge in [0.15, 0.2) is 11.7 Å². The van der Waals surface area contributed by atoms with Gasteiger partial charge < -0.3 is 15.8 Å². The maximum atomic E-state index is 12.5. The minimum Gasteiger partial charge on any atom is -0.404 e. The number of aliphatic imine (C=N–C) groups is 1. The van der Waals surface area contributed by atoms with Gasteiger partial charge in [-0.25, -0.2) is 4.99 Å². The summed E-state index contributed by atoms with van der Waals surface area (Å²) < 4.78 is 41.4. The Balaban J connectivity index is 0.00000196. The zero-order valence-electron chi connectivity index (χ0n) is 13.5. The third-order valence-corrected chi connectivity index (χ3v) is 4.66. The molecule has 0 saturated heterocycles. The molecule has 2 aromatic rings. The molecule has 1 fully saturated rings. The van der Waals surface area contributed by atoms with Crippen molar-refractivity contribution in [2.24, 2.45) is 16.6 Å². The second-order valence-corrected chi connectivity index (χ2v) is 6.27. The molecule has 4 nitrogen and oxygen atoms in total. The monoisotopic (exact) mass is 475 g/mol. The van der Waals surface area contributed by atoms with Gasteiger partial charge in [-0.2, -0.15) is 0 Å². The van der Waals surface area contributed by atoms with Gasteiger partial charge in [-0.05, 0) is 35.6 Å². The summed E-state index contributed by atoms with van der Waals surface area (Å²) in [4.78, 5) is 4.45. The van der Waals surface area contributed by atoms with Crippen LogP contribution >= 0.6 is 24.0 Å². The van der Waals surface area contributed by atoms with Crippen molar-refractivity contribution in [3.05, 3.63) is 59.7 Å². The topological polar surface area (TPSA) is 59.6 Å². The van der Waals surface area contributed by atoms with Crippen LogP contribution in [0.1, 0.15) is 17.0 Å². The average Bonchev–Trinajstić information content (AvgIpc) is 3.04. The van der Waals surface area contributed by atoms with Crippen molar-refractivity contribution in [3.8, 4) is 5.75 Å². The Hall–Kier alpha value is -1.97. The molecular weight excluding hydrogens is 458 g/mol. The standard InChI is InChI=1S/C18H16F3N3O.HI/c19-18(20,21)25-14-8-4-3-7-13(14)23-17(22)24-16-12-9-10-5-1-2-6-11(10)15(12)16;/h1-8,12,15-16H,9H2,(H3,22,23,24);1H. The van der Waals surface area contributed by atoms with E-state index in [4.69, 9.17) is 5.73 Å². The fourth-order valence-electron chi connectivity index (χ4n) is 3.61. The van der Waals surface area contributed by atoms with Crippen LogP contribution in [0.3, 0.4) is 0 Å². The molecule has 138 valence electrons. The fourth-order valence-corrected chi connectivity index (χ4v) is 3.61. The van der Waals surface area contributed by atoms with Crippen molar-refractivity contribution < 1.29 is 17.9 Å². The molecule has 8 heteroatoms. The first-order chi connectivity index (χ1) is 11.9. The summed E-state index contributed by atoms with van der Waals surface area (Å²) in [6, 6.07) is 14.1. The lowest BCUT2D eigenvalue weighted by Gasteiger charge is -2.14. The van der Waals surface area contributed by atoms with E-state index in [1.54, 1.807) is 6.07 Å². The number of rotatable bonds is 3. The van der Waals surface area contributed by atoms with E-state index in [-0.39, 0.29) is 47.4 Å². The van der Waals surface area contributed by atoms with Crippen molar-refractivity contribution in [2.45, 2.75) is 24.7 Å². The number of nitrogens with one attached hydrogen (secondary N) is 1. The summed E-state index contributed by atoms with van der Waals surface area (Å²) in [7, 11) is 0. The summed E-state index contributed by atoms with van der Waals surface area (Å²) in [6.07, 6.45) is -3.79. The smallest absolute Gasteiger partial charge is 0.404 e. The number of ether oxygens (including phenoxy) is 1. The highest BCUT2D eigenvalue weighted by Gasteiger charge is 2.55. The van der Waals surface area contributed by atoms with E-state index in [0.717, 1.165) is 6.42 Å². The van der Waals surface area contributed by atoms with E-state index in [1.807, 2.05) is 12.1 Å². The Morgan fingerprint density at radius 3 is 2.58 bits per heavy atom. The lowest BCUT2D eigenvalue weighted by Crippen LogP contribution is -2.25. The van der Waals surface area contributed by atoms with Crippen molar-refractivity contribution in [1.82, 2.24) is 0 Å². The highest BCUT2D eigenvalue weighted by molar-refractivity contribution is 14.0. The number of alkyl halides is 3. The van der Waals surface area contributed by atoms with Gasteiger partial charge >= 0.3 is 6.36 Å². The number of halogens is 4. The molecule has 0 spiro atoms. The number of nitrogens with zero attached hydrogens (tertiary/aromatic N) is 1. The Bertz CT molecular complexity index is 840. The lowest BCUT2D eigenvalue weighted by atomic mass is 10.1. The summed E-state index contributed by atoms with van der Waals surface area (Å²) in [5.74, 6) is 0.544. The zero-order valence-corrected chi connectivity index (χ0v) is 15.9. The molecule has 0 bridgehead atoms. The van der Waals surface area contributed by atoms with E-state index >= 15 is 0 Å². The molecule has 3 N–H and O–H groups in total. The summed E-state index contributed by atoms with van der Waals surface area (Å²) in [5.41, 5.74) is 8.68. The van der Waals surface area contributed by atoms with Gasteiger partial charge in [0.05, 0.1) is 11.7 Å². The van der Waals surface area contributed by atoms with Gasteiger partial charge in [-0.1, -0.05) is 36.4 Å². The molecule has 0 aromatic heterocycles. The second kappa shape index (κ2) is 6.98. The summed E-state index contributed by atoms with van der Waals surface area (Å²) in [6.45, 7) is 0. The number of hydrogen-bond donors (Lipinski definition) is 2. The maximum Gasteiger partial charge on any atom is 0.573 e. The van der Waals surface area contributed by atoms with Gasteiger partial charge in [0.1, 0.15) is 0 Å². The zero-order chi connectivity index (χ0) is 17.6. The predicted molar refractivity (Wildman–Crippen MR) is 104 cm³/mol. The highest BCUT2D eigenvalue weighted by Crippen LogP contribution is 2.58. The molecule has 3 atom stereocenters. The van der Waals surface area contributed by atoms with Gasteiger partial charge in [-0.15, -0.1) is 37.1 Å². The molecule has 0 heterocycles. The molecule has 1 saturated carbocycles.